The molecule has 6 heteroatoms. The molecule has 1 unspecified atom stereocenters. The van der Waals surface area contributed by atoms with E-state index in [4.69, 9.17) is 0 Å². The molecule has 2 amide bonds. The van der Waals surface area contributed by atoms with Crippen LogP contribution in [0.4, 0.5) is 0 Å². The van der Waals surface area contributed by atoms with Gasteiger partial charge in [-0.05, 0) is 45.2 Å². The molecule has 0 saturated carbocycles. The van der Waals surface area contributed by atoms with E-state index in [1.807, 2.05) is 16.2 Å². The molecule has 0 aliphatic carbocycles. The van der Waals surface area contributed by atoms with Crippen LogP contribution in [0.25, 0.3) is 0 Å². The van der Waals surface area contributed by atoms with Gasteiger partial charge in [-0.3, -0.25) is 9.59 Å². The van der Waals surface area contributed by atoms with Crippen LogP contribution in [0.1, 0.15) is 35.1 Å². The fourth-order valence-electron chi connectivity index (χ4n) is 2.96. The molecule has 2 rings (SSSR count). The first-order valence-electron chi connectivity index (χ1n) is 8.19. The highest BCUT2D eigenvalue weighted by Crippen LogP contribution is 2.22. The molecule has 0 bridgehead atoms. The Hall–Kier alpha value is -1.40. The van der Waals surface area contributed by atoms with Gasteiger partial charge in [0.1, 0.15) is 6.10 Å². The second kappa shape index (κ2) is 7.93. The maximum absolute atomic E-state index is 12.3. The highest BCUT2D eigenvalue weighted by Gasteiger charge is 2.25. The number of amides is 2. The summed E-state index contributed by atoms with van der Waals surface area (Å²) in [7, 11) is 0. The monoisotopic (exact) mass is 338 g/mol. The van der Waals surface area contributed by atoms with E-state index < -0.39 is 6.10 Å². The summed E-state index contributed by atoms with van der Waals surface area (Å²) in [5, 5.41) is 9.33. The highest BCUT2D eigenvalue weighted by molar-refractivity contribution is 7.12. The molecule has 0 spiro atoms. The summed E-state index contributed by atoms with van der Waals surface area (Å²) in [4.78, 5) is 30.1. The minimum absolute atomic E-state index is 0.166. The number of thiophene rings is 1. The zero-order valence-electron chi connectivity index (χ0n) is 14.2. The van der Waals surface area contributed by atoms with Crippen molar-refractivity contribution in [3.05, 3.63) is 21.4 Å². The maximum Gasteiger partial charge on any atom is 0.251 e. The van der Waals surface area contributed by atoms with Gasteiger partial charge in [-0.15, -0.1) is 11.3 Å². The smallest absolute Gasteiger partial charge is 0.251 e. The fraction of sp³-hybridized carbons (Fsp3) is 0.647. The van der Waals surface area contributed by atoms with E-state index in [-0.39, 0.29) is 11.8 Å². The number of piperazine rings is 1. The molecular formula is C17H26N2O3S. The standard InChI is InChI=1S/C17H26N2O3S/c1-12-11-15(14(3)23-12)5-4-6-16(21)18-7-9-19(10-8-18)17(22)13(2)20/h11,13,20H,4-10H2,1-3H3. The summed E-state index contributed by atoms with van der Waals surface area (Å²) >= 11 is 1.81. The SMILES string of the molecule is Cc1cc(CCCC(=O)N2CCN(C(=O)C(C)O)CC2)c(C)s1. The highest BCUT2D eigenvalue weighted by atomic mass is 32.1. The average Bonchev–Trinajstić information content (AvgIpc) is 2.84. The van der Waals surface area contributed by atoms with Gasteiger partial charge in [0.2, 0.25) is 5.91 Å². The topological polar surface area (TPSA) is 60.9 Å². The molecule has 1 fully saturated rings. The van der Waals surface area contributed by atoms with Crippen LogP contribution in [0.3, 0.4) is 0 Å². The Balaban J connectivity index is 1.73. The summed E-state index contributed by atoms with van der Waals surface area (Å²) < 4.78 is 0. The number of aliphatic hydroxyl groups is 1. The number of nitrogens with zero attached hydrogens (tertiary/aromatic N) is 2. The fourth-order valence-corrected chi connectivity index (χ4v) is 3.94. The molecule has 1 atom stereocenters. The Morgan fingerprint density at radius 3 is 2.35 bits per heavy atom. The number of aliphatic hydroxyl groups excluding tert-OH is 1. The molecule has 1 aliphatic heterocycles. The van der Waals surface area contributed by atoms with Crippen LogP contribution in [-0.2, 0) is 16.0 Å². The van der Waals surface area contributed by atoms with Crippen LogP contribution in [0.5, 0.6) is 0 Å². The average molecular weight is 338 g/mol. The second-order valence-electron chi connectivity index (χ2n) is 6.17. The summed E-state index contributed by atoms with van der Waals surface area (Å²) in [6.45, 7) is 7.87. The van der Waals surface area contributed by atoms with E-state index in [1.165, 1.54) is 22.2 Å². The van der Waals surface area contributed by atoms with Crippen LogP contribution in [0.15, 0.2) is 6.07 Å². The van der Waals surface area contributed by atoms with E-state index in [0.29, 0.717) is 32.6 Å². The van der Waals surface area contributed by atoms with E-state index in [9.17, 15) is 14.7 Å². The summed E-state index contributed by atoms with van der Waals surface area (Å²) in [6.07, 6.45) is 1.40. The van der Waals surface area contributed by atoms with Gasteiger partial charge in [-0.25, -0.2) is 0 Å². The van der Waals surface area contributed by atoms with E-state index in [1.54, 1.807) is 4.90 Å². The predicted octanol–water partition coefficient (Wildman–Crippen LogP) is 1.74. The van der Waals surface area contributed by atoms with Crippen molar-refractivity contribution in [2.75, 3.05) is 26.2 Å². The van der Waals surface area contributed by atoms with Gasteiger partial charge in [0.05, 0.1) is 0 Å². The Kier molecular flexibility index (Phi) is 6.18. The largest absolute Gasteiger partial charge is 0.384 e. The molecule has 1 aromatic heterocycles. The molecule has 1 N–H and O–H groups in total. The molecule has 0 radical (unpaired) electrons. The third-order valence-corrected chi connectivity index (χ3v) is 5.29. The lowest BCUT2D eigenvalue weighted by atomic mass is 10.1. The molecule has 0 aromatic carbocycles. The second-order valence-corrected chi connectivity index (χ2v) is 7.63. The van der Waals surface area contributed by atoms with Crippen LogP contribution in [-0.4, -0.2) is 59.0 Å². The van der Waals surface area contributed by atoms with Gasteiger partial charge in [-0.2, -0.15) is 0 Å². The van der Waals surface area contributed by atoms with E-state index in [2.05, 4.69) is 19.9 Å². The number of hydrogen-bond donors (Lipinski definition) is 1. The molecular weight excluding hydrogens is 312 g/mol. The Morgan fingerprint density at radius 2 is 1.83 bits per heavy atom. The number of rotatable bonds is 5. The van der Waals surface area contributed by atoms with Gasteiger partial charge >= 0.3 is 0 Å². The van der Waals surface area contributed by atoms with Crippen molar-refractivity contribution in [2.24, 2.45) is 0 Å². The van der Waals surface area contributed by atoms with Gasteiger partial charge in [0.15, 0.2) is 0 Å². The first-order valence-corrected chi connectivity index (χ1v) is 9.00. The summed E-state index contributed by atoms with van der Waals surface area (Å²) in [6, 6.07) is 2.21. The number of carbonyl (C=O) groups excluding carboxylic acids is 2. The van der Waals surface area contributed by atoms with Gasteiger partial charge in [0, 0.05) is 42.4 Å². The third-order valence-electron chi connectivity index (χ3n) is 4.28. The van der Waals surface area contributed by atoms with Crippen molar-refractivity contribution in [3.63, 3.8) is 0 Å². The van der Waals surface area contributed by atoms with Crippen molar-refractivity contribution in [2.45, 2.75) is 46.1 Å². The van der Waals surface area contributed by atoms with Crippen molar-refractivity contribution in [1.29, 1.82) is 0 Å². The van der Waals surface area contributed by atoms with E-state index >= 15 is 0 Å². The molecule has 1 saturated heterocycles. The first-order chi connectivity index (χ1) is 10.9. The summed E-state index contributed by atoms with van der Waals surface area (Å²) in [5.41, 5.74) is 1.35. The molecule has 1 aromatic rings. The van der Waals surface area contributed by atoms with Crippen LogP contribution in [0.2, 0.25) is 0 Å². The molecule has 5 nitrogen and oxygen atoms in total. The minimum atomic E-state index is -0.963. The maximum atomic E-state index is 12.3. The zero-order valence-corrected chi connectivity index (χ0v) is 15.0. The predicted molar refractivity (Wildman–Crippen MR) is 91.6 cm³/mol. The minimum Gasteiger partial charge on any atom is -0.384 e. The number of aryl methyl sites for hydroxylation is 3. The molecule has 128 valence electrons. The third kappa shape index (κ3) is 4.78. The van der Waals surface area contributed by atoms with Crippen LogP contribution >= 0.6 is 11.3 Å². The number of carbonyl (C=O) groups is 2. The van der Waals surface area contributed by atoms with Crippen LogP contribution < -0.4 is 0 Å². The van der Waals surface area contributed by atoms with Crippen LogP contribution in [0, 0.1) is 13.8 Å². The lowest BCUT2D eigenvalue weighted by Gasteiger charge is -2.35. The molecule has 1 aliphatic rings. The Bertz CT molecular complexity index is 560. The van der Waals surface area contributed by atoms with Gasteiger partial charge in [-0.1, -0.05) is 0 Å². The van der Waals surface area contributed by atoms with Gasteiger partial charge < -0.3 is 14.9 Å². The zero-order chi connectivity index (χ0) is 17.0. The first kappa shape index (κ1) is 17.9. The lowest BCUT2D eigenvalue weighted by molar-refractivity contribution is -0.144. The molecule has 2 heterocycles. The van der Waals surface area contributed by atoms with Crippen molar-refractivity contribution < 1.29 is 14.7 Å². The summed E-state index contributed by atoms with van der Waals surface area (Å²) in [5.74, 6) is -0.0841. The van der Waals surface area contributed by atoms with E-state index in [0.717, 1.165) is 12.8 Å². The number of hydrogen-bond acceptors (Lipinski definition) is 4. The lowest BCUT2D eigenvalue weighted by Crippen LogP contribution is -2.52. The van der Waals surface area contributed by atoms with Crippen molar-refractivity contribution in [3.8, 4) is 0 Å². The van der Waals surface area contributed by atoms with Gasteiger partial charge in [0.25, 0.3) is 5.91 Å². The Labute approximate surface area is 141 Å². The normalized spacial score (nSPS) is 16.5. The van der Waals surface area contributed by atoms with Crippen molar-refractivity contribution in [1.82, 2.24) is 9.80 Å². The Morgan fingerprint density at radius 1 is 1.22 bits per heavy atom. The quantitative estimate of drug-likeness (QED) is 0.889. The molecule has 23 heavy (non-hydrogen) atoms. The van der Waals surface area contributed by atoms with Crippen molar-refractivity contribution >= 4 is 23.2 Å².